The molecule has 20 heavy (non-hydrogen) atoms. The summed E-state index contributed by atoms with van der Waals surface area (Å²) in [5, 5.41) is 11.7. The molecule has 0 aliphatic heterocycles. The average Bonchev–Trinajstić information content (AvgIpc) is 3.22. The van der Waals surface area contributed by atoms with Gasteiger partial charge in [0.05, 0.1) is 10.7 Å². The van der Waals surface area contributed by atoms with E-state index < -0.39 is 5.82 Å². The van der Waals surface area contributed by atoms with Gasteiger partial charge in [0.15, 0.2) is 0 Å². The van der Waals surface area contributed by atoms with E-state index in [0.29, 0.717) is 18.7 Å². The van der Waals surface area contributed by atoms with Crippen molar-refractivity contribution < 1.29 is 14.3 Å². The third-order valence-electron chi connectivity index (χ3n) is 3.23. The second kappa shape index (κ2) is 6.90. The van der Waals surface area contributed by atoms with Crippen molar-refractivity contribution in [3.05, 3.63) is 29.0 Å². The molecule has 1 fully saturated rings. The number of aliphatic hydroxyl groups is 1. The number of urea groups is 1. The lowest BCUT2D eigenvalue weighted by molar-refractivity contribution is 0.204. The Kier molecular flexibility index (Phi) is 5.20. The highest BCUT2D eigenvalue weighted by atomic mass is 35.5. The summed E-state index contributed by atoms with van der Waals surface area (Å²) in [6.07, 6.45) is 3.44. The zero-order chi connectivity index (χ0) is 14.5. The minimum absolute atomic E-state index is 0.129. The molecule has 6 heteroatoms. The van der Waals surface area contributed by atoms with Crippen LogP contribution in [0.2, 0.25) is 5.02 Å². The van der Waals surface area contributed by atoms with Crippen LogP contribution in [0.15, 0.2) is 18.2 Å². The summed E-state index contributed by atoms with van der Waals surface area (Å²) in [5.74, 6) is -0.435. The quantitative estimate of drug-likeness (QED) is 0.792. The highest BCUT2D eigenvalue weighted by Crippen LogP contribution is 2.29. The molecule has 2 rings (SSSR count). The molecule has 1 saturated carbocycles. The minimum atomic E-state index is -0.435. The Morgan fingerprint density at radius 3 is 2.80 bits per heavy atom. The van der Waals surface area contributed by atoms with Crippen molar-refractivity contribution >= 4 is 23.3 Å². The van der Waals surface area contributed by atoms with Crippen LogP contribution in [0.1, 0.15) is 25.7 Å². The topological polar surface area (TPSA) is 52.6 Å². The largest absolute Gasteiger partial charge is 0.396 e. The van der Waals surface area contributed by atoms with E-state index >= 15 is 0 Å². The molecule has 0 unspecified atom stereocenters. The third kappa shape index (κ3) is 4.08. The first-order valence-corrected chi connectivity index (χ1v) is 7.13. The van der Waals surface area contributed by atoms with Gasteiger partial charge in [-0.15, -0.1) is 0 Å². The van der Waals surface area contributed by atoms with Crippen LogP contribution in [0, 0.1) is 5.82 Å². The van der Waals surface area contributed by atoms with Crippen LogP contribution in [-0.4, -0.2) is 35.2 Å². The second-order valence-electron chi connectivity index (χ2n) is 4.91. The molecule has 2 N–H and O–H groups in total. The number of amides is 2. The number of anilines is 1. The lowest BCUT2D eigenvalue weighted by Gasteiger charge is -2.23. The molecule has 0 aromatic heterocycles. The molecular formula is C14H18ClFN2O2. The van der Waals surface area contributed by atoms with Gasteiger partial charge >= 0.3 is 6.03 Å². The molecule has 1 aliphatic carbocycles. The van der Waals surface area contributed by atoms with Gasteiger partial charge in [-0.1, -0.05) is 11.6 Å². The van der Waals surface area contributed by atoms with Crippen LogP contribution < -0.4 is 5.32 Å². The van der Waals surface area contributed by atoms with Crippen LogP contribution in [0.25, 0.3) is 0 Å². The Bertz CT molecular complexity index is 480. The number of rotatable bonds is 6. The lowest BCUT2D eigenvalue weighted by Crippen LogP contribution is -2.37. The van der Waals surface area contributed by atoms with E-state index in [1.54, 1.807) is 4.90 Å². The average molecular weight is 301 g/mol. The van der Waals surface area contributed by atoms with E-state index in [4.69, 9.17) is 16.7 Å². The lowest BCUT2D eigenvalue weighted by atomic mass is 10.3. The van der Waals surface area contributed by atoms with Crippen LogP contribution in [0.5, 0.6) is 0 Å². The van der Waals surface area contributed by atoms with E-state index in [2.05, 4.69) is 5.32 Å². The van der Waals surface area contributed by atoms with Gasteiger partial charge in [-0.25, -0.2) is 9.18 Å². The Labute approximate surface area is 122 Å². The Morgan fingerprint density at radius 1 is 1.45 bits per heavy atom. The molecule has 0 atom stereocenters. The summed E-state index contributed by atoms with van der Waals surface area (Å²) in [6.45, 7) is 0.736. The first kappa shape index (κ1) is 15.1. The van der Waals surface area contributed by atoms with Gasteiger partial charge in [0.1, 0.15) is 5.82 Å². The van der Waals surface area contributed by atoms with Gasteiger partial charge in [-0.3, -0.25) is 0 Å². The first-order valence-electron chi connectivity index (χ1n) is 6.75. The number of nitrogens with one attached hydrogen (secondary N) is 1. The van der Waals surface area contributed by atoms with Crippen molar-refractivity contribution in [1.82, 2.24) is 4.90 Å². The van der Waals surface area contributed by atoms with E-state index in [1.165, 1.54) is 18.2 Å². The smallest absolute Gasteiger partial charge is 0.322 e. The number of hydrogen-bond acceptors (Lipinski definition) is 2. The number of aliphatic hydroxyl groups excluding tert-OH is 1. The van der Waals surface area contributed by atoms with Crippen LogP contribution in [0.4, 0.5) is 14.9 Å². The maximum absolute atomic E-state index is 13.0. The summed E-state index contributed by atoms with van der Waals surface area (Å²) in [4.78, 5) is 14.0. The molecule has 0 radical (unpaired) electrons. The molecule has 0 heterocycles. The van der Waals surface area contributed by atoms with E-state index in [0.717, 1.165) is 19.3 Å². The molecule has 1 aromatic rings. The van der Waals surface area contributed by atoms with Gasteiger partial charge in [0.25, 0.3) is 0 Å². The summed E-state index contributed by atoms with van der Waals surface area (Å²) >= 11 is 5.89. The van der Waals surface area contributed by atoms with Gasteiger partial charge in [0, 0.05) is 19.2 Å². The van der Waals surface area contributed by atoms with E-state index in [1.807, 2.05) is 0 Å². The fourth-order valence-corrected chi connectivity index (χ4v) is 2.22. The predicted molar refractivity (Wildman–Crippen MR) is 76.5 cm³/mol. The Balaban J connectivity index is 1.97. The SMILES string of the molecule is O=C(Nc1ccc(F)cc1Cl)N(CCCCO)C1CC1. The maximum atomic E-state index is 13.0. The monoisotopic (exact) mass is 300 g/mol. The minimum Gasteiger partial charge on any atom is -0.396 e. The van der Waals surface area contributed by atoms with Crippen molar-refractivity contribution in [2.75, 3.05) is 18.5 Å². The van der Waals surface area contributed by atoms with Gasteiger partial charge < -0.3 is 15.3 Å². The summed E-state index contributed by atoms with van der Waals surface area (Å²) in [5.41, 5.74) is 0.408. The number of nitrogens with zero attached hydrogens (tertiary/aromatic N) is 1. The van der Waals surface area contributed by atoms with Crippen molar-refractivity contribution in [3.63, 3.8) is 0 Å². The summed E-state index contributed by atoms with van der Waals surface area (Å²) in [7, 11) is 0. The van der Waals surface area contributed by atoms with E-state index in [9.17, 15) is 9.18 Å². The predicted octanol–water partition coefficient (Wildman–Crippen LogP) is 3.25. The molecule has 2 amide bonds. The fourth-order valence-electron chi connectivity index (χ4n) is 2.01. The highest BCUT2D eigenvalue weighted by Gasteiger charge is 2.32. The van der Waals surface area contributed by atoms with Crippen LogP contribution in [0.3, 0.4) is 0 Å². The highest BCUT2D eigenvalue weighted by molar-refractivity contribution is 6.33. The van der Waals surface area contributed by atoms with Crippen molar-refractivity contribution in [2.45, 2.75) is 31.7 Å². The van der Waals surface area contributed by atoms with Crippen molar-refractivity contribution in [2.24, 2.45) is 0 Å². The number of hydrogen-bond donors (Lipinski definition) is 2. The third-order valence-corrected chi connectivity index (χ3v) is 3.54. The fraction of sp³-hybridized carbons (Fsp3) is 0.500. The Hall–Kier alpha value is -1.33. The molecule has 1 aromatic carbocycles. The van der Waals surface area contributed by atoms with Crippen molar-refractivity contribution in [3.8, 4) is 0 Å². The van der Waals surface area contributed by atoms with E-state index in [-0.39, 0.29) is 23.7 Å². The second-order valence-corrected chi connectivity index (χ2v) is 5.32. The number of carbonyl (C=O) groups is 1. The normalized spacial score (nSPS) is 14.2. The molecule has 0 bridgehead atoms. The van der Waals surface area contributed by atoms with Gasteiger partial charge in [0.2, 0.25) is 0 Å². The molecule has 0 saturated heterocycles. The first-order chi connectivity index (χ1) is 9.61. The molecule has 1 aliphatic rings. The molecule has 110 valence electrons. The number of halogens is 2. The van der Waals surface area contributed by atoms with Gasteiger partial charge in [-0.05, 0) is 43.9 Å². The maximum Gasteiger partial charge on any atom is 0.322 e. The summed E-state index contributed by atoms with van der Waals surface area (Å²) < 4.78 is 13.0. The summed E-state index contributed by atoms with van der Waals surface area (Å²) in [6, 6.07) is 3.93. The van der Waals surface area contributed by atoms with Crippen LogP contribution in [-0.2, 0) is 0 Å². The van der Waals surface area contributed by atoms with Gasteiger partial charge in [-0.2, -0.15) is 0 Å². The number of carbonyl (C=O) groups excluding carboxylic acids is 1. The standard InChI is InChI=1S/C14H18ClFN2O2/c15-12-9-10(16)3-6-13(12)17-14(20)18(11-4-5-11)7-1-2-8-19/h3,6,9,11,19H,1-2,4-5,7-8H2,(H,17,20). The van der Waals surface area contributed by atoms with Crippen molar-refractivity contribution in [1.29, 1.82) is 0 Å². The number of benzene rings is 1. The zero-order valence-corrected chi connectivity index (χ0v) is 11.9. The van der Waals surface area contributed by atoms with Crippen LogP contribution >= 0.6 is 11.6 Å². The zero-order valence-electron chi connectivity index (χ0n) is 11.1. The molecule has 4 nitrogen and oxygen atoms in total. The Morgan fingerprint density at radius 2 is 2.20 bits per heavy atom. The number of unbranched alkanes of at least 4 members (excludes halogenated alkanes) is 1. The molecular weight excluding hydrogens is 283 g/mol. The molecule has 0 spiro atoms.